The minimum Gasteiger partial charge on any atom is -0.387 e. The summed E-state index contributed by atoms with van der Waals surface area (Å²) in [5.41, 5.74) is 2.27. The average molecular weight is 288 g/mol. The van der Waals surface area contributed by atoms with E-state index in [4.69, 9.17) is 0 Å². The van der Waals surface area contributed by atoms with Crippen molar-refractivity contribution in [2.75, 3.05) is 11.9 Å². The van der Waals surface area contributed by atoms with E-state index in [0.717, 1.165) is 5.56 Å². The lowest BCUT2D eigenvalue weighted by Crippen LogP contribution is -2.32. The monoisotopic (exact) mass is 288 g/mol. The van der Waals surface area contributed by atoms with Crippen LogP contribution >= 0.6 is 0 Å². The second-order valence-corrected chi connectivity index (χ2v) is 4.77. The molecule has 0 radical (unpaired) electrons. The normalized spacial score (nSPS) is 11.8. The van der Waals surface area contributed by atoms with Crippen molar-refractivity contribution in [1.29, 1.82) is 0 Å². The molecule has 0 saturated heterocycles. The first-order valence-electron chi connectivity index (χ1n) is 6.59. The largest absolute Gasteiger partial charge is 0.387 e. The van der Waals surface area contributed by atoms with Crippen molar-refractivity contribution >= 4 is 11.7 Å². The molecule has 0 heterocycles. The Hall–Kier alpha value is -2.40. The molecule has 4 nitrogen and oxygen atoms in total. The van der Waals surface area contributed by atoms with E-state index in [1.54, 1.807) is 6.07 Å². The van der Waals surface area contributed by atoms with Crippen LogP contribution in [-0.4, -0.2) is 17.7 Å². The van der Waals surface area contributed by atoms with Gasteiger partial charge in [0.05, 0.1) is 6.10 Å². The maximum atomic E-state index is 12.8. The summed E-state index contributed by atoms with van der Waals surface area (Å²) in [6.45, 7) is 1.98. The van der Waals surface area contributed by atoms with E-state index in [9.17, 15) is 14.3 Å². The average Bonchev–Trinajstić information content (AvgIpc) is 2.45. The molecule has 2 amide bonds. The van der Waals surface area contributed by atoms with Gasteiger partial charge in [0.15, 0.2) is 0 Å². The first kappa shape index (κ1) is 15.0. The van der Waals surface area contributed by atoms with Gasteiger partial charge >= 0.3 is 6.03 Å². The van der Waals surface area contributed by atoms with Gasteiger partial charge in [-0.15, -0.1) is 0 Å². The number of carbonyl (C=O) groups excluding carboxylic acids is 1. The summed E-state index contributed by atoms with van der Waals surface area (Å²) in [6.07, 6.45) is -0.881. The molecule has 2 aromatic rings. The molecule has 0 spiro atoms. The Morgan fingerprint density at radius 2 is 1.95 bits per heavy atom. The molecule has 0 aliphatic carbocycles. The maximum absolute atomic E-state index is 12.8. The molecule has 21 heavy (non-hydrogen) atoms. The molecule has 0 aliphatic heterocycles. The Kier molecular flexibility index (Phi) is 4.90. The van der Waals surface area contributed by atoms with Crippen LogP contribution in [-0.2, 0) is 0 Å². The van der Waals surface area contributed by atoms with Crippen molar-refractivity contribution in [1.82, 2.24) is 5.32 Å². The lowest BCUT2D eigenvalue weighted by Gasteiger charge is -2.13. The quantitative estimate of drug-likeness (QED) is 0.810. The number of amides is 2. The fourth-order valence-electron chi connectivity index (χ4n) is 1.89. The standard InChI is InChI=1S/C16H17FN2O2/c1-11-3-2-4-14(9-11)19-16(21)18-10-15(20)12-5-7-13(17)8-6-12/h2-9,15,20H,10H2,1H3,(H2,18,19,21)/t15-/m0/s1. The van der Waals surface area contributed by atoms with Crippen LogP contribution in [0.15, 0.2) is 48.5 Å². The SMILES string of the molecule is Cc1cccc(NC(=O)NC[C@H](O)c2ccc(F)cc2)c1. The molecule has 110 valence electrons. The smallest absolute Gasteiger partial charge is 0.319 e. The summed E-state index contributed by atoms with van der Waals surface area (Å²) in [7, 11) is 0. The van der Waals surface area contributed by atoms with Gasteiger partial charge in [0.2, 0.25) is 0 Å². The Labute approximate surface area is 122 Å². The van der Waals surface area contributed by atoms with Gasteiger partial charge in [-0.2, -0.15) is 0 Å². The molecule has 0 unspecified atom stereocenters. The highest BCUT2D eigenvalue weighted by Gasteiger charge is 2.09. The van der Waals surface area contributed by atoms with Gasteiger partial charge in [0.25, 0.3) is 0 Å². The van der Waals surface area contributed by atoms with Gasteiger partial charge in [0.1, 0.15) is 5.82 Å². The fourth-order valence-corrected chi connectivity index (χ4v) is 1.89. The topological polar surface area (TPSA) is 61.4 Å². The molecule has 3 N–H and O–H groups in total. The van der Waals surface area contributed by atoms with E-state index in [1.165, 1.54) is 24.3 Å². The van der Waals surface area contributed by atoms with Crippen molar-refractivity contribution in [2.24, 2.45) is 0 Å². The van der Waals surface area contributed by atoms with E-state index >= 15 is 0 Å². The summed E-state index contributed by atoms with van der Waals surface area (Å²) in [5, 5.41) is 15.2. The van der Waals surface area contributed by atoms with Crippen LogP contribution in [0.2, 0.25) is 0 Å². The molecule has 1 atom stereocenters. The van der Waals surface area contributed by atoms with Crippen LogP contribution in [0.1, 0.15) is 17.2 Å². The number of aliphatic hydroxyl groups excluding tert-OH is 1. The molecule has 0 fully saturated rings. The fraction of sp³-hybridized carbons (Fsp3) is 0.188. The van der Waals surface area contributed by atoms with Gasteiger partial charge in [0, 0.05) is 12.2 Å². The molecule has 2 rings (SSSR count). The number of aliphatic hydroxyl groups is 1. The van der Waals surface area contributed by atoms with Gasteiger partial charge in [-0.3, -0.25) is 0 Å². The summed E-state index contributed by atoms with van der Waals surface area (Å²) >= 11 is 0. The molecular formula is C16H17FN2O2. The predicted molar refractivity (Wildman–Crippen MR) is 79.6 cm³/mol. The second kappa shape index (κ2) is 6.85. The summed E-state index contributed by atoms with van der Waals surface area (Å²) in [4.78, 5) is 11.7. The van der Waals surface area contributed by atoms with Gasteiger partial charge in [-0.25, -0.2) is 9.18 Å². The number of halogens is 1. The molecule has 0 aliphatic rings. The minimum atomic E-state index is -0.881. The number of carbonyl (C=O) groups is 1. The van der Waals surface area contributed by atoms with Crippen molar-refractivity contribution < 1.29 is 14.3 Å². The first-order chi connectivity index (χ1) is 10.0. The lowest BCUT2D eigenvalue weighted by atomic mass is 10.1. The van der Waals surface area contributed by atoms with E-state index in [-0.39, 0.29) is 12.4 Å². The summed E-state index contributed by atoms with van der Waals surface area (Å²) in [5.74, 6) is -0.365. The van der Waals surface area contributed by atoms with Gasteiger partial charge in [-0.05, 0) is 42.3 Å². The van der Waals surface area contributed by atoms with E-state index in [0.29, 0.717) is 11.3 Å². The number of anilines is 1. The van der Waals surface area contributed by atoms with E-state index < -0.39 is 12.1 Å². The van der Waals surface area contributed by atoms with Crippen molar-refractivity contribution in [2.45, 2.75) is 13.0 Å². The zero-order valence-electron chi connectivity index (χ0n) is 11.6. The van der Waals surface area contributed by atoms with Crippen LogP contribution in [0.3, 0.4) is 0 Å². The second-order valence-electron chi connectivity index (χ2n) is 4.77. The Bertz CT molecular complexity index is 614. The number of nitrogens with one attached hydrogen (secondary N) is 2. The van der Waals surface area contributed by atoms with Crippen LogP contribution < -0.4 is 10.6 Å². The van der Waals surface area contributed by atoms with Gasteiger partial charge < -0.3 is 15.7 Å². The highest BCUT2D eigenvalue weighted by molar-refractivity contribution is 5.89. The Morgan fingerprint density at radius 3 is 2.62 bits per heavy atom. The number of hydrogen-bond acceptors (Lipinski definition) is 2. The minimum absolute atomic E-state index is 0.0449. The van der Waals surface area contributed by atoms with Gasteiger partial charge in [-0.1, -0.05) is 24.3 Å². The highest BCUT2D eigenvalue weighted by Crippen LogP contribution is 2.13. The van der Waals surface area contributed by atoms with Crippen LogP contribution in [0.4, 0.5) is 14.9 Å². The molecular weight excluding hydrogens is 271 g/mol. The summed E-state index contributed by atoms with van der Waals surface area (Å²) < 4.78 is 12.8. The highest BCUT2D eigenvalue weighted by atomic mass is 19.1. The van der Waals surface area contributed by atoms with Crippen molar-refractivity contribution in [3.05, 3.63) is 65.5 Å². The van der Waals surface area contributed by atoms with Crippen molar-refractivity contribution in [3.63, 3.8) is 0 Å². The molecule has 0 aromatic heterocycles. The van der Waals surface area contributed by atoms with E-state index in [2.05, 4.69) is 10.6 Å². The lowest BCUT2D eigenvalue weighted by molar-refractivity contribution is 0.175. The summed E-state index contributed by atoms with van der Waals surface area (Å²) in [6, 6.07) is 12.5. The molecule has 2 aromatic carbocycles. The van der Waals surface area contributed by atoms with E-state index in [1.807, 2.05) is 25.1 Å². The van der Waals surface area contributed by atoms with Crippen LogP contribution in [0.25, 0.3) is 0 Å². The van der Waals surface area contributed by atoms with Crippen LogP contribution in [0, 0.1) is 12.7 Å². The predicted octanol–water partition coefficient (Wildman–Crippen LogP) is 2.99. The number of aryl methyl sites for hydroxylation is 1. The molecule has 0 bridgehead atoms. The van der Waals surface area contributed by atoms with Crippen LogP contribution in [0.5, 0.6) is 0 Å². The third-order valence-electron chi connectivity index (χ3n) is 2.99. The Balaban J connectivity index is 1.84. The first-order valence-corrected chi connectivity index (χ1v) is 6.59. The Morgan fingerprint density at radius 1 is 1.24 bits per heavy atom. The molecule has 0 saturated carbocycles. The van der Waals surface area contributed by atoms with Crippen molar-refractivity contribution in [3.8, 4) is 0 Å². The number of urea groups is 1. The zero-order valence-corrected chi connectivity index (χ0v) is 11.6. The number of rotatable bonds is 4. The maximum Gasteiger partial charge on any atom is 0.319 e. The number of benzene rings is 2. The zero-order chi connectivity index (χ0) is 15.2. The number of hydrogen-bond donors (Lipinski definition) is 3. The molecule has 5 heteroatoms. The third-order valence-corrected chi connectivity index (χ3v) is 2.99. The third kappa shape index (κ3) is 4.57.